The number of anilines is 1. The average Bonchev–Trinajstić information content (AvgIpc) is 3.56. The Hall–Kier alpha value is -4.37. The zero-order chi connectivity index (χ0) is 23.9. The fourth-order valence-electron chi connectivity index (χ4n) is 4.49. The molecule has 1 amide bonds. The lowest BCUT2D eigenvalue weighted by Crippen LogP contribution is -2.45. The first-order chi connectivity index (χ1) is 17.1. The second-order valence-corrected chi connectivity index (χ2v) is 8.68. The van der Waals surface area contributed by atoms with Gasteiger partial charge in [-0.1, -0.05) is 28.9 Å². The molecule has 4 heterocycles. The lowest BCUT2D eigenvalue weighted by atomic mass is 9.79. The zero-order valence-corrected chi connectivity index (χ0v) is 19.0. The van der Waals surface area contributed by atoms with Gasteiger partial charge < -0.3 is 19.5 Å². The summed E-state index contributed by atoms with van der Waals surface area (Å²) in [5.74, 6) is 1.12. The fourth-order valence-corrected chi connectivity index (χ4v) is 4.62. The number of halogens is 1. The summed E-state index contributed by atoms with van der Waals surface area (Å²) in [6.07, 6.45) is 3.11. The molecule has 9 nitrogen and oxygen atoms in total. The molecule has 0 aliphatic carbocycles. The summed E-state index contributed by atoms with van der Waals surface area (Å²) in [4.78, 5) is 27.7. The molecule has 0 fully saturated rings. The maximum Gasteiger partial charge on any atom is 0.293 e. The number of fused-ring (bicyclic) bond motifs is 1. The monoisotopic (exact) mass is 487 g/mol. The van der Waals surface area contributed by atoms with Crippen LogP contribution in [0.15, 0.2) is 82.8 Å². The van der Waals surface area contributed by atoms with Crippen LogP contribution in [0.1, 0.15) is 27.6 Å². The number of ketones is 1. The van der Waals surface area contributed by atoms with Crippen molar-refractivity contribution in [2.45, 2.75) is 5.92 Å². The Morgan fingerprint density at radius 2 is 1.97 bits per heavy atom. The number of benzene rings is 2. The van der Waals surface area contributed by atoms with E-state index in [0.29, 0.717) is 33.6 Å². The summed E-state index contributed by atoms with van der Waals surface area (Å²) in [6.45, 7) is 0.154. The molecule has 0 saturated carbocycles. The van der Waals surface area contributed by atoms with Gasteiger partial charge >= 0.3 is 0 Å². The van der Waals surface area contributed by atoms with Crippen molar-refractivity contribution in [3.8, 4) is 11.5 Å². The Kier molecular flexibility index (Phi) is 5.11. The van der Waals surface area contributed by atoms with Crippen LogP contribution in [0.3, 0.4) is 0 Å². The fraction of sp³-hybridized carbons (Fsp3) is 0.120. The van der Waals surface area contributed by atoms with Crippen LogP contribution in [-0.4, -0.2) is 45.0 Å². The molecule has 1 unspecified atom stereocenters. The van der Waals surface area contributed by atoms with Crippen molar-refractivity contribution < 1.29 is 18.8 Å². The quantitative estimate of drug-likeness (QED) is 0.439. The molecule has 35 heavy (non-hydrogen) atoms. The van der Waals surface area contributed by atoms with Gasteiger partial charge in [0.15, 0.2) is 5.78 Å². The Balaban J connectivity index is 1.36. The topological polar surface area (TPSA) is 113 Å². The minimum Gasteiger partial charge on any atom is -0.457 e. The second-order valence-electron chi connectivity index (χ2n) is 8.24. The number of aromatic amines is 1. The maximum absolute atomic E-state index is 13.4. The Morgan fingerprint density at radius 1 is 1.11 bits per heavy atom. The van der Waals surface area contributed by atoms with Crippen LogP contribution in [0.2, 0.25) is 5.02 Å². The molecular weight excluding hydrogens is 470 g/mol. The third-order valence-electron chi connectivity index (χ3n) is 6.03. The molecule has 0 radical (unpaired) electrons. The van der Waals surface area contributed by atoms with Gasteiger partial charge in [0, 0.05) is 33.8 Å². The smallest absolute Gasteiger partial charge is 0.293 e. The summed E-state index contributed by atoms with van der Waals surface area (Å²) in [5.41, 5.74) is 2.95. The van der Waals surface area contributed by atoms with Gasteiger partial charge in [-0.2, -0.15) is 5.10 Å². The van der Waals surface area contributed by atoms with E-state index in [1.165, 1.54) is 17.2 Å². The third kappa shape index (κ3) is 3.85. The number of rotatable bonds is 4. The van der Waals surface area contributed by atoms with Crippen molar-refractivity contribution >= 4 is 29.1 Å². The number of nitrogens with zero attached hydrogens (tertiary/aromatic N) is 3. The number of hydrogen-bond donors (Lipinski definition) is 2. The zero-order valence-electron chi connectivity index (χ0n) is 18.2. The predicted molar refractivity (Wildman–Crippen MR) is 126 cm³/mol. The van der Waals surface area contributed by atoms with Gasteiger partial charge in [-0.3, -0.25) is 14.7 Å². The molecule has 2 aliphatic rings. The summed E-state index contributed by atoms with van der Waals surface area (Å²) < 4.78 is 11.0. The molecule has 2 aromatic heterocycles. The van der Waals surface area contributed by atoms with Crippen molar-refractivity contribution in [3.63, 3.8) is 0 Å². The first-order valence-electron chi connectivity index (χ1n) is 10.9. The number of aromatic nitrogens is 3. The number of ether oxygens (including phenoxy) is 1. The van der Waals surface area contributed by atoms with Gasteiger partial charge in [-0.25, -0.2) is 0 Å². The van der Waals surface area contributed by atoms with E-state index in [4.69, 9.17) is 20.9 Å². The predicted octanol–water partition coefficient (Wildman–Crippen LogP) is 4.38. The number of carbonyl (C=O) groups is 2. The molecule has 1 atom stereocenters. The summed E-state index contributed by atoms with van der Waals surface area (Å²) >= 11 is 5.98. The maximum atomic E-state index is 13.4. The molecular formula is C25H18ClN5O4. The highest BCUT2D eigenvalue weighted by Crippen LogP contribution is 2.43. The molecule has 174 valence electrons. The first-order valence-corrected chi connectivity index (χ1v) is 11.2. The molecule has 10 heteroatoms. The minimum atomic E-state index is -0.394. The summed E-state index contributed by atoms with van der Waals surface area (Å²) in [5, 5.41) is 14.6. The van der Waals surface area contributed by atoms with Gasteiger partial charge in [0.1, 0.15) is 17.3 Å². The third-order valence-corrected chi connectivity index (χ3v) is 6.28. The molecule has 0 spiro atoms. The van der Waals surface area contributed by atoms with Crippen LogP contribution >= 0.6 is 11.6 Å². The molecule has 4 aromatic rings. The number of amides is 1. The van der Waals surface area contributed by atoms with Crippen molar-refractivity contribution in [1.82, 2.24) is 20.3 Å². The lowest BCUT2D eigenvalue weighted by Gasteiger charge is -2.36. The Labute approximate surface area is 204 Å². The van der Waals surface area contributed by atoms with E-state index in [2.05, 4.69) is 20.7 Å². The molecule has 2 aliphatic heterocycles. The summed E-state index contributed by atoms with van der Waals surface area (Å²) in [7, 11) is 0. The standard InChI is InChI=1S/C25H18ClN5O4/c26-15-4-6-16(7-5-15)34-17-3-1-2-14(10-17)22-18-11-27-30-24(18)29-19-12-31(13-20(32)23(19)22)25(33)21-8-9-28-35-21/h1-11,22H,12-13H2,(H2,27,29,30). The highest BCUT2D eigenvalue weighted by molar-refractivity contribution is 6.30. The Bertz CT molecular complexity index is 1460. The van der Waals surface area contributed by atoms with Crippen LogP contribution in [0, 0.1) is 0 Å². The summed E-state index contributed by atoms with van der Waals surface area (Å²) in [6, 6.07) is 16.2. The van der Waals surface area contributed by atoms with E-state index >= 15 is 0 Å². The van der Waals surface area contributed by atoms with Crippen LogP contribution in [-0.2, 0) is 4.79 Å². The molecule has 6 rings (SSSR count). The van der Waals surface area contributed by atoms with Crippen molar-refractivity contribution in [2.75, 3.05) is 18.4 Å². The normalized spacial score (nSPS) is 17.0. The van der Waals surface area contributed by atoms with E-state index in [1.807, 2.05) is 24.3 Å². The highest BCUT2D eigenvalue weighted by Gasteiger charge is 2.40. The number of Topliss-reactive ketones (excluding diaryl/α,β-unsaturated/α-hetero) is 1. The van der Waals surface area contributed by atoms with Crippen LogP contribution in [0.25, 0.3) is 0 Å². The van der Waals surface area contributed by atoms with Gasteiger partial charge in [0.05, 0.1) is 25.5 Å². The van der Waals surface area contributed by atoms with Crippen LogP contribution < -0.4 is 10.1 Å². The van der Waals surface area contributed by atoms with E-state index in [1.54, 1.807) is 30.5 Å². The van der Waals surface area contributed by atoms with E-state index in [9.17, 15) is 9.59 Å². The molecule has 0 bridgehead atoms. The van der Waals surface area contributed by atoms with Gasteiger partial charge in [-0.15, -0.1) is 0 Å². The minimum absolute atomic E-state index is 0.0648. The van der Waals surface area contributed by atoms with Gasteiger partial charge in [-0.05, 0) is 42.0 Å². The second kappa shape index (κ2) is 8.44. The van der Waals surface area contributed by atoms with Crippen LogP contribution in [0.4, 0.5) is 5.82 Å². The molecule has 0 saturated heterocycles. The van der Waals surface area contributed by atoms with E-state index in [-0.39, 0.29) is 30.6 Å². The average molecular weight is 488 g/mol. The number of hydrogen-bond acceptors (Lipinski definition) is 7. The van der Waals surface area contributed by atoms with Gasteiger partial charge in [0.2, 0.25) is 5.76 Å². The first kappa shape index (κ1) is 21.2. The number of nitrogens with one attached hydrogen (secondary N) is 2. The largest absolute Gasteiger partial charge is 0.457 e. The molecule has 2 N–H and O–H groups in total. The lowest BCUT2D eigenvalue weighted by molar-refractivity contribution is -0.117. The van der Waals surface area contributed by atoms with Crippen molar-refractivity contribution in [3.05, 3.63) is 100 Å². The molecule has 2 aromatic carbocycles. The number of H-pyrrole nitrogens is 1. The van der Waals surface area contributed by atoms with E-state index < -0.39 is 5.91 Å². The van der Waals surface area contributed by atoms with Crippen LogP contribution in [0.5, 0.6) is 11.5 Å². The number of carbonyl (C=O) groups excluding carboxylic acids is 2. The SMILES string of the molecule is O=C1CN(C(=O)c2ccno2)CC2=C1C(c1cccc(Oc3ccc(Cl)cc3)c1)c1cn[nH]c1N2. The van der Waals surface area contributed by atoms with Crippen molar-refractivity contribution in [2.24, 2.45) is 0 Å². The Morgan fingerprint density at radius 3 is 2.77 bits per heavy atom. The van der Waals surface area contributed by atoms with E-state index in [0.717, 1.165) is 11.1 Å². The van der Waals surface area contributed by atoms with Crippen molar-refractivity contribution in [1.29, 1.82) is 0 Å². The highest BCUT2D eigenvalue weighted by atomic mass is 35.5. The van der Waals surface area contributed by atoms with Gasteiger partial charge in [0.25, 0.3) is 5.91 Å².